The summed E-state index contributed by atoms with van der Waals surface area (Å²) in [5.74, 6) is -0.608. The first-order chi connectivity index (χ1) is 12.2. The first-order valence-electron chi connectivity index (χ1n) is 8.68. The summed E-state index contributed by atoms with van der Waals surface area (Å²) < 4.78 is 40.0. The third-order valence-electron chi connectivity index (χ3n) is 3.51. The summed E-state index contributed by atoms with van der Waals surface area (Å²) in [6, 6.07) is 4.91. The molecule has 1 N–H and O–H groups in total. The summed E-state index contributed by atoms with van der Waals surface area (Å²) in [5.41, 5.74) is 0.370. The summed E-state index contributed by atoms with van der Waals surface area (Å²) in [7, 11) is 0. The SMILES string of the molecule is CCCN(CCC)C(=O)CCCC(=O)Nc1ccc(OC(F)(F)F)cc1. The molecule has 0 fully saturated rings. The third-order valence-corrected chi connectivity index (χ3v) is 3.51. The molecule has 0 radical (unpaired) electrons. The quantitative estimate of drug-likeness (QED) is 0.663. The average molecular weight is 374 g/mol. The maximum absolute atomic E-state index is 12.1. The van der Waals surface area contributed by atoms with Crippen molar-refractivity contribution in [3.05, 3.63) is 24.3 Å². The molecular formula is C18H25F3N2O3. The molecule has 1 aromatic rings. The van der Waals surface area contributed by atoms with Gasteiger partial charge in [-0.2, -0.15) is 0 Å². The lowest BCUT2D eigenvalue weighted by molar-refractivity contribution is -0.274. The molecule has 146 valence electrons. The number of nitrogens with one attached hydrogen (secondary N) is 1. The molecule has 8 heteroatoms. The van der Waals surface area contributed by atoms with Gasteiger partial charge in [-0.3, -0.25) is 9.59 Å². The van der Waals surface area contributed by atoms with Gasteiger partial charge in [0.15, 0.2) is 0 Å². The van der Waals surface area contributed by atoms with Gasteiger partial charge in [0.2, 0.25) is 11.8 Å². The number of halogens is 3. The molecule has 2 amide bonds. The predicted octanol–water partition coefficient (Wildman–Crippen LogP) is 4.34. The lowest BCUT2D eigenvalue weighted by atomic mass is 10.2. The molecule has 0 spiro atoms. The van der Waals surface area contributed by atoms with Crippen molar-refractivity contribution in [2.24, 2.45) is 0 Å². The van der Waals surface area contributed by atoms with E-state index < -0.39 is 6.36 Å². The van der Waals surface area contributed by atoms with Gasteiger partial charge < -0.3 is 15.0 Å². The Labute approximate surface area is 151 Å². The van der Waals surface area contributed by atoms with E-state index in [1.54, 1.807) is 4.90 Å². The maximum Gasteiger partial charge on any atom is 0.573 e. The van der Waals surface area contributed by atoms with Crippen LogP contribution >= 0.6 is 0 Å². The molecule has 0 heterocycles. The minimum Gasteiger partial charge on any atom is -0.406 e. The van der Waals surface area contributed by atoms with Crippen molar-refractivity contribution in [2.45, 2.75) is 52.3 Å². The van der Waals surface area contributed by atoms with Crippen LogP contribution in [0.4, 0.5) is 18.9 Å². The fourth-order valence-electron chi connectivity index (χ4n) is 2.42. The van der Waals surface area contributed by atoms with E-state index in [-0.39, 0.29) is 24.0 Å². The molecule has 1 aromatic carbocycles. The van der Waals surface area contributed by atoms with E-state index in [1.807, 2.05) is 13.8 Å². The minimum absolute atomic E-state index is 0.0372. The summed E-state index contributed by atoms with van der Waals surface area (Å²) in [6.07, 6.45) is -2.09. The number of carbonyl (C=O) groups excluding carboxylic acids is 2. The van der Waals surface area contributed by atoms with Crippen LogP contribution in [0.3, 0.4) is 0 Å². The van der Waals surface area contributed by atoms with Crippen molar-refractivity contribution in [3.8, 4) is 5.75 Å². The Morgan fingerprint density at radius 2 is 1.62 bits per heavy atom. The zero-order valence-electron chi connectivity index (χ0n) is 15.1. The number of ether oxygens (including phenoxy) is 1. The first-order valence-corrected chi connectivity index (χ1v) is 8.68. The van der Waals surface area contributed by atoms with Crippen molar-refractivity contribution >= 4 is 17.5 Å². The van der Waals surface area contributed by atoms with Crippen LogP contribution in [0.1, 0.15) is 46.0 Å². The molecule has 0 aromatic heterocycles. The molecule has 1 rings (SSSR count). The number of rotatable bonds is 10. The molecule has 5 nitrogen and oxygen atoms in total. The fourth-order valence-corrected chi connectivity index (χ4v) is 2.42. The number of amides is 2. The third kappa shape index (κ3) is 8.73. The Morgan fingerprint density at radius 1 is 1.04 bits per heavy atom. The minimum atomic E-state index is -4.75. The molecule has 0 unspecified atom stereocenters. The van der Waals surface area contributed by atoms with Gasteiger partial charge in [0.25, 0.3) is 0 Å². The van der Waals surface area contributed by atoms with Crippen LogP contribution in [-0.4, -0.2) is 36.2 Å². The number of hydrogen-bond donors (Lipinski definition) is 1. The largest absolute Gasteiger partial charge is 0.573 e. The van der Waals surface area contributed by atoms with Crippen LogP contribution in [0.15, 0.2) is 24.3 Å². The van der Waals surface area contributed by atoms with Gasteiger partial charge in [-0.25, -0.2) is 0 Å². The first kappa shape index (κ1) is 21.8. The number of anilines is 1. The number of carbonyl (C=O) groups is 2. The van der Waals surface area contributed by atoms with E-state index in [9.17, 15) is 22.8 Å². The lowest BCUT2D eigenvalue weighted by Crippen LogP contribution is -2.32. The van der Waals surface area contributed by atoms with E-state index in [4.69, 9.17) is 0 Å². The molecule has 0 aliphatic carbocycles. The van der Waals surface area contributed by atoms with E-state index in [1.165, 1.54) is 12.1 Å². The van der Waals surface area contributed by atoms with Crippen LogP contribution in [0.25, 0.3) is 0 Å². The normalized spacial score (nSPS) is 11.1. The average Bonchev–Trinajstić information content (AvgIpc) is 2.55. The van der Waals surface area contributed by atoms with Gasteiger partial charge >= 0.3 is 6.36 Å². The Balaban J connectivity index is 2.39. The zero-order chi connectivity index (χ0) is 19.6. The number of alkyl halides is 3. The van der Waals surface area contributed by atoms with E-state index in [2.05, 4.69) is 10.1 Å². The Morgan fingerprint density at radius 3 is 2.12 bits per heavy atom. The highest BCUT2D eigenvalue weighted by molar-refractivity contribution is 5.91. The smallest absolute Gasteiger partial charge is 0.406 e. The Hall–Kier alpha value is -2.25. The van der Waals surface area contributed by atoms with Crippen LogP contribution < -0.4 is 10.1 Å². The van der Waals surface area contributed by atoms with E-state index in [0.29, 0.717) is 31.6 Å². The summed E-state index contributed by atoms with van der Waals surface area (Å²) in [5, 5.41) is 2.58. The highest BCUT2D eigenvalue weighted by atomic mass is 19.4. The molecule has 0 saturated heterocycles. The van der Waals surface area contributed by atoms with Crippen molar-refractivity contribution in [1.82, 2.24) is 4.90 Å². The van der Waals surface area contributed by atoms with Gasteiger partial charge in [0.1, 0.15) is 5.75 Å². The van der Waals surface area contributed by atoms with Crippen LogP contribution in [-0.2, 0) is 9.59 Å². The van der Waals surface area contributed by atoms with Gasteiger partial charge in [-0.05, 0) is 43.5 Å². The second kappa shape index (κ2) is 10.7. The summed E-state index contributed by atoms with van der Waals surface area (Å²) >= 11 is 0. The summed E-state index contributed by atoms with van der Waals surface area (Å²) in [4.78, 5) is 25.8. The maximum atomic E-state index is 12.1. The Bertz CT molecular complexity index is 568. The molecule has 0 saturated carbocycles. The molecule has 0 aliphatic heterocycles. The number of nitrogens with zero attached hydrogens (tertiary/aromatic N) is 1. The fraction of sp³-hybridized carbons (Fsp3) is 0.556. The van der Waals surface area contributed by atoms with Crippen molar-refractivity contribution in [1.29, 1.82) is 0 Å². The lowest BCUT2D eigenvalue weighted by Gasteiger charge is -2.21. The summed E-state index contributed by atoms with van der Waals surface area (Å²) in [6.45, 7) is 5.44. The monoisotopic (exact) mass is 374 g/mol. The predicted molar refractivity (Wildman–Crippen MR) is 92.8 cm³/mol. The molecular weight excluding hydrogens is 349 g/mol. The van der Waals surface area contributed by atoms with Gasteiger partial charge in [0.05, 0.1) is 0 Å². The van der Waals surface area contributed by atoms with E-state index >= 15 is 0 Å². The number of benzene rings is 1. The Kier molecular flexibility index (Phi) is 8.95. The van der Waals surface area contributed by atoms with Crippen LogP contribution in [0, 0.1) is 0 Å². The highest BCUT2D eigenvalue weighted by Gasteiger charge is 2.30. The molecule has 0 aliphatic rings. The van der Waals surface area contributed by atoms with Gasteiger partial charge in [0, 0.05) is 31.6 Å². The molecule has 26 heavy (non-hydrogen) atoms. The van der Waals surface area contributed by atoms with Gasteiger partial charge in [-0.15, -0.1) is 13.2 Å². The second-order valence-corrected chi connectivity index (χ2v) is 5.85. The van der Waals surface area contributed by atoms with Crippen molar-refractivity contribution in [2.75, 3.05) is 18.4 Å². The van der Waals surface area contributed by atoms with Crippen LogP contribution in [0.5, 0.6) is 5.75 Å². The van der Waals surface area contributed by atoms with Gasteiger partial charge in [-0.1, -0.05) is 13.8 Å². The van der Waals surface area contributed by atoms with Crippen LogP contribution in [0.2, 0.25) is 0 Å². The molecule has 0 atom stereocenters. The standard InChI is InChI=1S/C18H25F3N2O3/c1-3-12-23(13-4-2)17(25)7-5-6-16(24)22-14-8-10-15(11-9-14)26-18(19,20)21/h8-11H,3-7,12-13H2,1-2H3,(H,22,24). The topological polar surface area (TPSA) is 58.6 Å². The highest BCUT2D eigenvalue weighted by Crippen LogP contribution is 2.24. The van der Waals surface area contributed by atoms with E-state index in [0.717, 1.165) is 25.0 Å². The number of hydrogen-bond acceptors (Lipinski definition) is 3. The second-order valence-electron chi connectivity index (χ2n) is 5.85. The van der Waals surface area contributed by atoms with Crippen molar-refractivity contribution < 1.29 is 27.5 Å². The van der Waals surface area contributed by atoms with Crippen molar-refractivity contribution in [3.63, 3.8) is 0 Å². The zero-order valence-corrected chi connectivity index (χ0v) is 15.1. The molecule has 0 bridgehead atoms.